The van der Waals surface area contributed by atoms with Gasteiger partial charge in [0.15, 0.2) is 5.65 Å². The number of nitrogens with one attached hydrogen (secondary N) is 2. The number of nitrogens with zero attached hydrogens (tertiary/aromatic N) is 3. The number of hydrogen-bond acceptors (Lipinski definition) is 5. The molecule has 8 heteroatoms. The van der Waals surface area contributed by atoms with Crippen molar-refractivity contribution in [3.8, 4) is 11.3 Å². The van der Waals surface area contributed by atoms with Crippen LogP contribution in [-0.2, 0) is 4.79 Å². The van der Waals surface area contributed by atoms with Crippen molar-refractivity contribution in [2.24, 2.45) is 0 Å². The number of aromatic amines is 1. The number of H-pyrrole nitrogens is 1. The van der Waals surface area contributed by atoms with E-state index < -0.39 is 5.82 Å². The van der Waals surface area contributed by atoms with E-state index in [2.05, 4.69) is 25.5 Å². The van der Waals surface area contributed by atoms with Crippen LogP contribution in [0.2, 0.25) is 0 Å². The third-order valence-corrected chi connectivity index (χ3v) is 2.94. The van der Waals surface area contributed by atoms with Gasteiger partial charge in [-0.2, -0.15) is 5.10 Å². The monoisotopic (exact) mass is 286 g/mol. The molecule has 0 spiro atoms. The summed E-state index contributed by atoms with van der Waals surface area (Å²) >= 11 is 0. The quantitative estimate of drug-likeness (QED) is 0.664. The summed E-state index contributed by atoms with van der Waals surface area (Å²) in [5, 5.41) is 9.75. The van der Waals surface area contributed by atoms with Crippen molar-refractivity contribution in [2.75, 3.05) is 11.1 Å². The number of rotatable bonds is 2. The second-order valence-corrected chi connectivity index (χ2v) is 4.43. The van der Waals surface area contributed by atoms with Gasteiger partial charge in [0.05, 0.1) is 11.1 Å². The summed E-state index contributed by atoms with van der Waals surface area (Å²) in [5.41, 5.74) is 7.36. The molecule has 21 heavy (non-hydrogen) atoms. The van der Waals surface area contributed by atoms with Gasteiger partial charge in [-0.3, -0.25) is 9.89 Å². The van der Waals surface area contributed by atoms with Gasteiger partial charge in [-0.1, -0.05) is 6.07 Å². The summed E-state index contributed by atoms with van der Waals surface area (Å²) in [5.74, 6) is -0.645. The van der Waals surface area contributed by atoms with Gasteiger partial charge >= 0.3 is 0 Å². The molecule has 4 N–H and O–H groups in total. The number of nitrogens with two attached hydrogens (primary N) is 1. The molecule has 2 aromatic heterocycles. The molecule has 0 aliphatic rings. The van der Waals surface area contributed by atoms with Gasteiger partial charge in [0.25, 0.3) is 0 Å². The fourth-order valence-electron chi connectivity index (χ4n) is 2.04. The van der Waals surface area contributed by atoms with Crippen molar-refractivity contribution >= 4 is 28.4 Å². The molecule has 3 rings (SSSR count). The van der Waals surface area contributed by atoms with Gasteiger partial charge in [-0.25, -0.2) is 14.4 Å². The molecule has 0 saturated heterocycles. The molecule has 0 atom stereocenters. The molecular weight excluding hydrogens is 275 g/mol. The lowest BCUT2D eigenvalue weighted by Crippen LogP contribution is -2.07. The molecule has 3 aromatic rings. The van der Waals surface area contributed by atoms with Crippen molar-refractivity contribution in [2.45, 2.75) is 6.92 Å². The summed E-state index contributed by atoms with van der Waals surface area (Å²) in [6, 6.07) is 4.37. The van der Waals surface area contributed by atoms with E-state index in [1.54, 1.807) is 6.07 Å². The first-order valence-electron chi connectivity index (χ1n) is 6.08. The Labute approximate surface area is 118 Å². The number of benzene rings is 1. The standard InChI is InChI=1S/C13H11FN6O/c1-6(21)18-9-3-2-7(4-8(9)14)11-10-12(15)16-5-17-13(10)20-19-11/h2-5H,1H3,(H,18,21)(H3,15,16,17,19,20). The van der Waals surface area contributed by atoms with E-state index >= 15 is 0 Å². The van der Waals surface area contributed by atoms with Crippen molar-refractivity contribution in [3.63, 3.8) is 0 Å². The minimum atomic E-state index is -0.561. The molecule has 106 valence electrons. The van der Waals surface area contributed by atoms with E-state index in [1.165, 1.54) is 25.4 Å². The van der Waals surface area contributed by atoms with E-state index in [-0.39, 0.29) is 17.4 Å². The van der Waals surface area contributed by atoms with Crippen LogP contribution in [0.25, 0.3) is 22.3 Å². The smallest absolute Gasteiger partial charge is 0.221 e. The largest absolute Gasteiger partial charge is 0.383 e. The third-order valence-electron chi connectivity index (χ3n) is 2.94. The number of hydrogen-bond donors (Lipinski definition) is 3. The Bertz CT molecular complexity index is 844. The Morgan fingerprint density at radius 3 is 2.90 bits per heavy atom. The zero-order valence-electron chi connectivity index (χ0n) is 11.0. The van der Waals surface area contributed by atoms with Crippen LogP contribution in [-0.4, -0.2) is 26.1 Å². The maximum Gasteiger partial charge on any atom is 0.221 e. The summed E-state index contributed by atoms with van der Waals surface area (Å²) in [7, 11) is 0. The second kappa shape index (κ2) is 4.82. The first-order chi connectivity index (χ1) is 10.1. The summed E-state index contributed by atoms with van der Waals surface area (Å²) in [6.07, 6.45) is 1.32. The van der Waals surface area contributed by atoms with Crippen LogP contribution < -0.4 is 11.1 Å². The third kappa shape index (κ3) is 2.27. The second-order valence-electron chi connectivity index (χ2n) is 4.43. The molecule has 1 amide bonds. The number of halogens is 1. The summed E-state index contributed by atoms with van der Waals surface area (Å²) in [6.45, 7) is 1.31. The average Bonchev–Trinajstić information content (AvgIpc) is 2.86. The topological polar surface area (TPSA) is 110 Å². The minimum absolute atomic E-state index is 0.107. The fraction of sp³-hybridized carbons (Fsp3) is 0.0769. The molecule has 0 radical (unpaired) electrons. The lowest BCUT2D eigenvalue weighted by molar-refractivity contribution is -0.114. The van der Waals surface area contributed by atoms with E-state index in [0.29, 0.717) is 22.3 Å². The van der Waals surface area contributed by atoms with Gasteiger partial charge < -0.3 is 11.1 Å². The highest BCUT2D eigenvalue weighted by Gasteiger charge is 2.14. The van der Waals surface area contributed by atoms with E-state index in [4.69, 9.17) is 5.73 Å². The lowest BCUT2D eigenvalue weighted by Gasteiger charge is -2.05. The zero-order chi connectivity index (χ0) is 15.0. The van der Waals surface area contributed by atoms with Crippen LogP contribution in [0.1, 0.15) is 6.92 Å². The fourth-order valence-corrected chi connectivity index (χ4v) is 2.04. The van der Waals surface area contributed by atoms with Crippen LogP contribution >= 0.6 is 0 Å². The van der Waals surface area contributed by atoms with Gasteiger partial charge in [0.2, 0.25) is 5.91 Å². The first-order valence-corrected chi connectivity index (χ1v) is 6.08. The van der Waals surface area contributed by atoms with Crippen LogP contribution in [0, 0.1) is 5.82 Å². The Kier molecular flexibility index (Phi) is 2.98. The Balaban J connectivity index is 2.11. The SMILES string of the molecule is CC(=O)Nc1ccc(-c2n[nH]c3ncnc(N)c23)cc1F. The number of carbonyl (C=O) groups excluding carboxylic acids is 1. The van der Waals surface area contributed by atoms with Gasteiger partial charge in [0.1, 0.15) is 23.7 Å². The average molecular weight is 286 g/mol. The number of fused-ring (bicyclic) bond motifs is 1. The summed E-state index contributed by atoms with van der Waals surface area (Å²) in [4.78, 5) is 18.9. The maximum absolute atomic E-state index is 14.0. The minimum Gasteiger partial charge on any atom is -0.383 e. The molecule has 1 aromatic carbocycles. The Morgan fingerprint density at radius 2 is 2.19 bits per heavy atom. The first kappa shape index (κ1) is 13.0. The van der Waals surface area contributed by atoms with Crippen molar-refractivity contribution in [3.05, 3.63) is 30.3 Å². The summed E-state index contributed by atoms with van der Waals surface area (Å²) < 4.78 is 14.0. The zero-order valence-corrected chi connectivity index (χ0v) is 11.0. The number of carbonyl (C=O) groups is 1. The number of amides is 1. The van der Waals surface area contributed by atoms with Crippen LogP contribution in [0.5, 0.6) is 0 Å². The lowest BCUT2D eigenvalue weighted by atomic mass is 10.1. The van der Waals surface area contributed by atoms with E-state index in [9.17, 15) is 9.18 Å². The molecule has 0 fully saturated rings. The highest BCUT2D eigenvalue weighted by molar-refractivity contribution is 5.98. The van der Waals surface area contributed by atoms with Crippen molar-refractivity contribution in [1.29, 1.82) is 0 Å². The Hall–Kier alpha value is -3.03. The molecule has 0 saturated carbocycles. The van der Waals surface area contributed by atoms with Gasteiger partial charge in [-0.05, 0) is 12.1 Å². The highest BCUT2D eigenvalue weighted by atomic mass is 19.1. The maximum atomic E-state index is 14.0. The van der Waals surface area contributed by atoms with Crippen molar-refractivity contribution in [1.82, 2.24) is 20.2 Å². The van der Waals surface area contributed by atoms with Gasteiger partial charge in [0, 0.05) is 12.5 Å². The number of nitrogen functional groups attached to an aromatic ring is 1. The van der Waals surface area contributed by atoms with Crippen molar-refractivity contribution < 1.29 is 9.18 Å². The molecule has 0 bridgehead atoms. The van der Waals surface area contributed by atoms with E-state index in [1.807, 2.05) is 0 Å². The normalized spacial score (nSPS) is 10.8. The molecule has 0 unspecified atom stereocenters. The Morgan fingerprint density at radius 1 is 1.38 bits per heavy atom. The molecular formula is C13H11FN6O. The molecule has 0 aliphatic heterocycles. The molecule has 7 nitrogen and oxygen atoms in total. The number of aromatic nitrogens is 4. The van der Waals surface area contributed by atoms with Crippen LogP contribution in [0.4, 0.5) is 15.9 Å². The predicted octanol–water partition coefficient (Wildman–Crippen LogP) is 1.70. The predicted molar refractivity (Wildman–Crippen MR) is 75.8 cm³/mol. The van der Waals surface area contributed by atoms with Crippen LogP contribution in [0.15, 0.2) is 24.5 Å². The molecule has 2 heterocycles. The van der Waals surface area contributed by atoms with Gasteiger partial charge in [-0.15, -0.1) is 0 Å². The number of anilines is 2. The highest BCUT2D eigenvalue weighted by Crippen LogP contribution is 2.30. The molecule has 0 aliphatic carbocycles. The van der Waals surface area contributed by atoms with Crippen LogP contribution in [0.3, 0.4) is 0 Å². The van der Waals surface area contributed by atoms with E-state index in [0.717, 1.165) is 0 Å².